The monoisotopic (exact) mass is 1040 g/mol. The Morgan fingerprint density at radius 1 is 0.500 bits per heavy atom. The van der Waals surface area contributed by atoms with Gasteiger partial charge in [0.05, 0.1) is 0 Å². The molecule has 0 N–H and O–H groups in total. The average molecular weight is 1050 g/mol. The lowest BCUT2D eigenvalue weighted by Gasteiger charge is -2.40. The van der Waals surface area contributed by atoms with Crippen molar-refractivity contribution in [2.75, 3.05) is 0 Å². The number of carbonyl (C=O) groups is 2. The second-order valence-electron chi connectivity index (χ2n) is 24.6. The molecular weight excluding hydrogens is 929 g/mol. The number of hydrogen-bond donors (Lipinski definition) is 0. The van der Waals surface area contributed by atoms with Crippen LogP contribution >= 0.6 is 0 Å². The first-order chi connectivity index (χ1) is 36.5. The molecule has 0 unspecified atom stereocenters. The third kappa shape index (κ3) is 32.7. The molecule has 0 fully saturated rings. The summed E-state index contributed by atoms with van der Waals surface area (Å²) in [6, 6.07) is 0. The largest absolute Gasteiger partial charge is 0.462 e. The number of esters is 2. The number of hydrogen-bond acceptors (Lipinski definition) is 4. The molecule has 4 heteroatoms. The predicted octanol–water partition coefficient (Wildman–Crippen LogP) is 22.5. The summed E-state index contributed by atoms with van der Waals surface area (Å²) >= 11 is 0. The molecule has 76 heavy (non-hydrogen) atoms. The fourth-order valence-electron chi connectivity index (χ4n) is 11.3. The number of ether oxygens (including phenoxy) is 2. The molecule has 0 radical (unpaired) electrons. The van der Waals surface area contributed by atoms with Crippen LogP contribution < -0.4 is 0 Å². The molecule has 2 aliphatic rings. The second kappa shape index (κ2) is 41.2. The summed E-state index contributed by atoms with van der Waals surface area (Å²) in [6.45, 7) is 26.6. The zero-order valence-electron chi connectivity index (χ0n) is 51.4. The lowest BCUT2D eigenvalue weighted by Crippen LogP contribution is -2.34. The van der Waals surface area contributed by atoms with Gasteiger partial charge in [0.15, 0.2) is 0 Å². The van der Waals surface area contributed by atoms with Crippen molar-refractivity contribution in [3.05, 3.63) is 130 Å². The molecule has 2 aliphatic carbocycles. The summed E-state index contributed by atoms with van der Waals surface area (Å²) in [5.41, 5.74) is 8.64. The second-order valence-corrected chi connectivity index (χ2v) is 24.6. The first-order valence-electron chi connectivity index (χ1n) is 31.3. The van der Waals surface area contributed by atoms with Gasteiger partial charge in [0.1, 0.15) is 12.2 Å². The van der Waals surface area contributed by atoms with E-state index >= 15 is 0 Å². The van der Waals surface area contributed by atoms with Gasteiger partial charge in [-0.15, -0.1) is 0 Å². The molecule has 0 saturated heterocycles. The highest BCUT2D eigenvalue weighted by Gasteiger charge is 2.37. The molecule has 0 heterocycles. The highest BCUT2D eigenvalue weighted by molar-refractivity contribution is 5.70. The van der Waals surface area contributed by atoms with Crippen molar-refractivity contribution in [1.82, 2.24) is 0 Å². The Labute approximate surface area is 470 Å². The summed E-state index contributed by atoms with van der Waals surface area (Å²) in [6.07, 6.45) is 69.9. The number of carbonyl (C=O) groups excluding carboxylic acids is 2. The van der Waals surface area contributed by atoms with Gasteiger partial charge < -0.3 is 9.47 Å². The third-order valence-electron chi connectivity index (χ3n) is 15.8. The van der Waals surface area contributed by atoms with E-state index in [1.807, 2.05) is 0 Å². The van der Waals surface area contributed by atoms with Crippen molar-refractivity contribution >= 4 is 11.9 Å². The van der Waals surface area contributed by atoms with Crippen LogP contribution in [-0.4, -0.2) is 24.1 Å². The third-order valence-corrected chi connectivity index (χ3v) is 15.8. The Hall–Kier alpha value is -3.92. The van der Waals surface area contributed by atoms with E-state index in [-0.39, 0.29) is 35.0 Å². The smallest absolute Gasteiger partial charge is 0.306 e. The van der Waals surface area contributed by atoms with Gasteiger partial charge in [-0.1, -0.05) is 314 Å². The normalized spacial score (nSPS) is 19.8. The molecule has 0 saturated carbocycles. The lowest BCUT2D eigenvalue weighted by atomic mass is 9.67. The Kier molecular flexibility index (Phi) is 36.9. The molecule has 0 bridgehead atoms. The van der Waals surface area contributed by atoms with Gasteiger partial charge in [0, 0.05) is 25.2 Å². The minimum absolute atomic E-state index is 0.00519. The minimum Gasteiger partial charge on any atom is -0.462 e. The molecule has 428 valence electrons. The van der Waals surface area contributed by atoms with E-state index < -0.39 is 0 Å². The van der Waals surface area contributed by atoms with Crippen LogP contribution in [0.15, 0.2) is 130 Å². The van der Waals surface area contributed by atoms with E-state index in [1.54, 1.807) is 0 Å². The highest BCUT2D eigenvalue weighted by Crippen LogP contribution is 2.44. The Morgan fingerprint density at radius 2 is 0.882 bits per heavy atom. The molecule has 0 aromatic heterocycles. The van der Waals surface area contributed by atoms with E-state index in [1.165, 1.54) is 180 Å². The van der Waals surface area contributed by atoms with Gasteiger partial charge in [-0.05, 0) is 89.7 Å². The minimum atomic E-state index is -0.143. The van der Waals surface area contributed by atoms with Gasteiger partial charge in [0.25, 0.3) is 0 Å². The first-order valence-corrected chi connectivity index (χ1v) is 31.3. The van der Waals surface area contributed by atoms with Gasteiger partial charge >= 0.3 is 11.9 Å². The summed E-state index contributed by atoms with van der Waals surface area (Å²) in [5, 5.41) is 0. The lowest BCUT2D eigenvalue weighted by molar-refractivity contribution is -0.151. The summed E-state index contributed by atoms with van der Waals surface area (Å²) in [5.74, 6) is 0.224. The molecule has 0 spiro atoms. The molecule has 2 rings (SSSR count). The molecule has 3 atom stereocenters. The molecule has 0 aromatic carbocycles. The zero-order chi connectivity index (χ0) is 55.9. The van der Waals surface area contributed by atoms with Crippen molar-refractivity contribution in [2.24, 2.45) is 16.7 Å². The van der Waals surface area contributed by atoms with Crippen LogP contribution in [0, 0.1) is 16.7 Å². The fourth-order valence-corrected chi connectivity index (χ4v) is 11.3. The Balaban J connectivity index is 1.73. The van der Waals surface area contributed by atoms with Crippen molar-refractivity contribution in [3.63, 3.8) is 0 Å². The standard InChI is InChI=1S/C72H116O4/c1-13-15-17-19-21-23-25-27-29-31-33-35-37-49-69(73)75-65-55-63(7)67(71(9,10)57-65)53-51-61(5)47-41-45-59(3)43-39-40-44-60(4)46-42-48-62(6)52-54-68-64(8)56-66(58-72(68,11)12)76-70(74)50-38-36-34-32-30-28-26-24-22-20-18-16-14-2/h39-48,51-55,65-67H,13-38,49-50,56-58H2,1-12H3/b40-39+,45-41+,46-42+,53-51+,54-52+,59-43+,60-44+,61-47+,62-48+/t65-,66+,67-/m0/s1. The molecule has 0 aromatic rings. The fraction of sp³-hybridized carbons (Fsp3) is 0.667. The average Bonchev–Trinajstić information content (AvgIpc) is 3.34. The highest BCUT2D eigenvalue weighted by atomic mass is 16.5. The van der Waals surface area contributed by atoms with Crippen LogP contribution in [0.3, 0.4) is 0 Å². The summed E-state index contributed by atoms with van der Waals surface area (Å²) in [7, 11) is 0. The van der Waals surface area contributed by atoms with E-state index in [9.17, 15) is 9.59 Å². The van der Waals surface area contributed by atoms with E-state index in [2.05, 4.69) is 174 Å². The maximum atomic E-state index is 12.8. The first kappa shape index (κ1) is 68.2. The van der Waals surface area contributed by atoms with Crippen LogP contribution in [0.5, 0.6) is 0 Å². The summed E-state index contributed by atoms with van der Waals surface area (Å²) in [4.78, 5) is 25.6. The SMILES string of the molecule is CCCCCCCCCCCCCCCC(=O)O[C@@H]1CC(C)=C(/C=C/C(C)=C/C=C/C(C)=C/C=C/C=C(C)/C=C/C=C(C)/C=C/[C@H]2C(C)=C[C@H](OC(=O)CCCCCCCCCCCCCCC)CC2(C)C)C(C)(C)C1. The maximum Gasteiger partial charge on any atom is 0.306 e. The topological polar surface area (TPSA) is 52.6 Å². The zero-order valence-corrected chi connectivity index (χ0v) is 51.4. The molecule has 4 nitrogen and oxygen atoms in total. The van der Waals surface area contributed by atoms with Crippen LogP contribution in [0.1, 0.15) is 282 Å². The van der Waals surface area contributed by atoms with Crippen LogP contribution in [-0.2, 0) is 19.1 Å². The maximum absolute atomic E-state index is 12.8. The number of allylic oxidation sites excluding steroid dienone is 20. The molecule has 0 aliphatic heterocycles. The number of unbranched alkanes of at least 4 members (excludes halogenated alkanes) is 24. The van der Waals surface area contributed by atoms with Crippen molar-refractivity contribution < 1.29 is 19.1 Å². The van der Waals surface area contributed by atoms with Crippen molar-refractivity contribution in [3.8, 4) is 0 Å². The molecular formula is C72H116O4. The van der Waals surface area contributed by atoms with E-state index in [0.29, 0.717) is 18.8 Å². The van der Waals surface area contributed by atoms with Crippen molar-refractivity contribution in [1.29, 1.82) is 0 Å². The van der Waals surface area contributed by atoms with E-state index in [4.69, 9.17) is 9.47 Å². The van der Waals surface area contributed by atoms with Crippen molar-refractivity contribution in [2.45, 2.75) is 294 Å². The Bertz CT molecular complexity index is 1980. The van der Waals surface area contributed by atoms with Crippen LogP contribution in [0.4, 0.5) is 0 Å². The van der Waals surface area contributed by atoms with E-state index in [0.717, 1.165) is 44.9 Å². The summed E-state index contributed by atoms with van der Waals surface area (Å²) < 4.78 is 12.0. The Morgan fingerprint density at radius 3 is 1.30 bits per heavy atom. The van der Waals surface area contributed by atoms with Crippen LogP contribution in [0.2, 0.25) is 0 Å². The molecule has 0 amide bonds. The van der Waals surface area contributed by atoms with Gasteiger partial charge in [-0.2, -0.15) is 0 Å². The van der Waals surface area contributed by atoms with Gasteiger partial charge in [0.2, 0.25) is 0 Å². The quantitative estimate of drug-likeness (QED) is 0.0266. The van der Waals surface area contributed by atoms with Crippen LogP contribution in [0.25, 0.3) is 0 Å². The van der Waals surface area contributed by atoms with Gasteiger partial charge in [-0.3, -0.25) is 9.59 Å². The van der Waals surface area contributed by atoms with Gasteiger partial charge in [-0.25, -0.2) is 0 Å². The predicted molar refractivity (Wildman–Crippen MR) is 332 cm³/mol. The number of rotatable bonds is 40.